The summed E-state index contributed by atoms with van der Waals surface area (Å²) in [5.41, 5.74) is 3.24. The van der Waals surface area contributed by atoms with Crippen LogP contribution in [0.15, 0.2) is 77.3 Å². The van der Waals surface area contributed by atoms with E-state index in [0.29, 0.717) is 17.3 Å². The molecule has 1 unspecified atom stereocenters. The van der Waals surface area contributed by atoms with Crippen LogP contribution in [-0.2, 0) is 4.79 Å². The van der Waals surface area contributed by atoms with Crippen molar-refractivity contribution < 1.29 is 4.79 Å². The lowest BCUT2D eigenvalue weighted by Gasteiger charge is -2.21. The summed E-state index contributed by atoms with van der Waals surface area (Å²) in [7, 11) is 0. The number of nitrogens with one attached hydrogen (secondary N) is 3. The third kappa shape index (κ3) is 4.31. The van der Waals surface area contributed by atoms with Gasteiger partial charge in [0.25, 0.3) is 0 Å². The summed E-state index contributed by atoms with van der Waals surface area (Å²) in [6.07, 6.45) is 1.95. The van der Waals surface area contributed by atoms with Crippen LogP contribution >= 0.6 is 15.9 Å². The number of amides is 1. The number of rotatable bonds is 5. The van der Waals surface area contributed by atoms with Gasteiger partial charge in [-0.1, -0.05) is 52.3 Å². The van der Waals surface area contributed by atoms with Crippen molar-refractivity contribution in [2.45, 2.75) is 12.8 Å². The molecule has 36 heavy (non-hydrogen) atoms. The molecule has 2 aromatic heterocycles. The lowest BCUT2D eigenvalue weighted by Crippen LogP contribution is -2.37. The first-order valence-corrected chi connectivity index (χ1v) is 12.7. The quantitative estimate of drug-likeness (QED) is 0.276. The van der Waals surface area contributed by atoms with E-state index >= 15 is 0 Å². The number of nitrogens with zero attached hydrogens (tertiary/aromatic N) is 4. The predicted octanol–water partition coefficient (Wildman–Crippen LogP) is 5.39. The fraction of sp³-hybridized carbons (Fsp3) is 0.185. The van der Waals surface area contributed by atoms with Gasteiger partial charge in [-0.25, -0.2) is 0 Å². The molecule has 1 saturated heterocycles. The second-order valence-corrected chi connectivity index (χ2v) is 9.72. The molecule has 0 bridgehead atoms. The van der Waals surface area contributed by atoms with Gasteiger partial charge in [0.15, 0.2) is 17.3 Å². The Morgan fingerprint density at radius 3 is 2.47 bits per heavy atom. The number of benzene rings is 3. The van der Waals surface area contributed by atoms with E-state index in [4.69, 9.17) is 5.10 Å². The Balaban J connectivity index is 1.32. The smallest absolute Gasteiger partial charge is 0.228 e. The van der Waals surface area contributed by atoms with Crippen molar-refractivity contribution in [1.29, 1.82) is 0 Å². The summed E-state index contributed by atoms with van der Waals surface area (Å²) >= 11 is 3.62. The van der Waals surface area contributed by atoms with Crippen LogP contribution in [0.2, 0.25) is 0 Å². The van der Waals surface area contributed by atoms with Crippen molar-refractivity contribution in [3.8, 4) is 11.4 Å². The highest BCUT2D eigenvalue weighted by molar-refractivity contribution is 9.10. The van der Waals surface area contributed by atoms with Gasteiger partial charge in [-0.3, -0.25) is 4.79 Å². The first kappa shape index (κ1) is 22.6. The summed E-state index contributed by atoms with van der Waals surface area (Å²) in [6, 6.07) is 23.6. The minimum Gasteiger partial charge on any atom is -0.338 e. The van der Waals surface area contributed by atoms with E-state index in [0.717, 1.165) is 58.1 Å². The molecular formula is C27H24BrN7O. The molecule has 3 aromatic carbocycles. The maximum Gasteiger partial charge on any atom is 0.228 e. The molecule has 180 valence electrons. The molecule has 0 aliphatic carbocycles. The zero-order chi connectivity index (χ0) is 24.5. The lowest BCUT2D eigenvalue weighted by atomic mass is 9.99. The minimum atomic E-state index is 0.0153. The van der Waals surface area contributed by atoms with Gasteiger partial charge in [0.05, 0.1) is 5.92 Å². The molecule has 0 radical (unpaired) electrons. The van der Waals surface area contributed by atoms with Crippen molar-refractivity contribution >= 4 is 55.4 Å². The highest BCUT2D eigenvalue weighted by atomic mass is 79.9. The van der Waals surface area contributed by atoms with Crippen LogP contribution in [-0.4, -0.2) is 38.8 Å². The van der Waals surface area contributed by atoms with Gasteiger partial charge in [-0.2, -0.15) is 4.52 Å². The number of carbonyl (C=O) groups is 1. The second kappa shape index (κ2) is 9.67. The van der Waals surface area contributed by atoms with Crippen LogP contribution < -0.4 is 16.0 Å². The molecule has 1 atom stereocenters. The number of fused-ring (bicyclic) bond motifs is 3. The predicted molar refractivity (Wildman–Crippen MR) is 145 cm³/mol. The Morgan fingerprint density at radius 2 is 1.69 bits per heavy atom. The zero-order valence-corrected chi connectivity index (χ0v) is 21.0. The maximum atomic E-state index is 12.6. The highest BCUT2D eigenvalue weighted by Gasteiger charge is 2.21. The SMILES string of the molecule is O=C(Nc1ccc(Nc2nn3c(-c4ccccc4Br)nnc3c3ccccc23)cc1)C1CCCNC1. The lowest BCUT2D eigenvalue weighted by molar-refractivity contribution is -0.120. The molecule has 6 rings (SSSR count). The van der Waals surface area contributed by atoms with E-state index in [1.165, 1.54) is 0 Å². The average Bonchev–Trinajstić information content (AvgIpc) is 3.34. The molecule has 8 nitrogen and oxygen atoms in total. The van der Waals surface area contributed by atoms with Crippen molar-refractivity contribution in [2.24, 2.45) is 5.92 Å². The summed E-state index contributed by atoms with van der Waals surface area (Å²) in [5, 5.41) is 25.5. The number of aromatic nitrogens is 4. The van der Waals surface area contributed by atoms with Gasteiger partial charge in [-0.15, -0.1) is 15.3 Å². The standard InChI is InChI=1S/C27H24BrN7O/c28-23-10-4-3-9-22(23)26-33-32-25-21-8-2-1-7-20(21)24(34-35(25)26)30-18-11-13-19(14-12-18)31-27(36)17-6-5-15-29-16-17/h1-4,7-14,17,29H,5-6,15-16H2,(H,30,34)(H,31,36). The number of hydrogen-bond acceptors (Lipinski definition) is 6. The fourth-order valence-corrected chi connectivity index (χ4v) is 5.04. The van der Waals surface area contributed by atoms with Gasteiger partial charge < -0.3 is 16.0 Å². The van der Waals surface area contributed by atoms with Gasteiger partial charge in [-0.05, 0) is 55.8 Å². The Kier molecular flexibility index (Phi) is 6.08. The van der Waals surface area contributed by atoms with Crippen molar-refractivity contribution in [2.75, 3.05) is 23.7 Å². The molecule has 1 aliphatic rings. The van der Waals surface area contributed by atoms with Crippen LogP contribution in [0.3, 0.4) is 0 Å². The summed E-state index contributed by atoms with van der Waals surface area (Å²) in [5.74, 6) is 1.42. The zero-order valence-electron chi connectivity index (χ0n) is 19.4. The van der Waals surface area contributed by atoms with E-state index in [1.54, 1.807) is 4.52 Å². The number of anilines is 3. The summed E-state index contributed by atoms with van der Waals surface area (Å²) < 4.78 is 2.70. The van der Waals surface area contributed by atoms with Crippen LogP contribution in [0, 0.1) is 5.92 Å². The third-order valence-corrected chi connectivity index (χ3v) is 7.15. The fourth-order valence-electron chi connectivity index (χ4n) is 4.58. The van der Waals surface area contributed by atoms with Gasteiger partial charge in [0, 0.05) is 38.7 Å². The summed E-state index contributed by atoms with van der Waals surface area (Å²) in [6.45, 7) is 1.72. The molecule has 3 N–H and O–H groups in total. The molecule has 1 fully saturated rings. The molecular weight excluding hydrogens is 518 g/mol. The first-order valence-electron chi connectivity index (χ1n) is 11.9. The van der Waals surface area contributed by atoms with Crippen LogP contribution in [0.25, 0.3) is 27.8 Å². The topological polar surface area (TPSA) is 96.2 Å². The van der Waals surface area contributed by atoms with E-state index in [1.807, 2.05) is 72.8 Å². The normalized spacial score (nSPS) is 15.8. The largest absolute Gasteiger partial charge is 0.338 e. The van der Waals surface area contributed by atoms with E-state index in [-0.39, 0.29) is 11.8 Å². The van der Waals surface area contributed by atoms with Gasteiger partial charge in [0.2, 0.25) is 5.91 Å². The third-order valence-electron chi connectivity index (χ3n) is 6.46. The first-order chi connectivity index (χ1) is 17.7. The summed E-state index contributed by atoms with van der Waals surface area (Å²) in [4.78, 5) is 12.6. The Hall–Kier alpha value is -3.82. The van der Waals surface area contributed by atoms with Gasteiger partial charge in [0.1, 0.15) is 0 Å². The number of carbonyl (C=O) groups excluding carboxylic acids is 1. The monoisotopic (exact) mass is 541 g/mol. The minimum absolute atomic E-state index is 0.0153. The number of hydrogen-bond donors (Lipinski definition) is 3. The molecule has 1 aliphatic heterocycles. The van der Waals surface area contributed by atoms with E-state index in [2.05, 4.69) is 42.1 Å². The van der Waals surface area contributed by atoms with Crippen LogP contribution in [0.4, 0.5) is 17.2 Å². The average molecular weight is 542 g/mol. The Morgan fingerprint density at radius 1 is 0.944 bits per heavy atom. The number of piperidine rings is 1. The molecule has 0 saturated carbocycles. The Labute approximate surface area is 216 Å². The number of halogens is 1. The Bertz CT molecular complexity index is 1560. The molecule has 5 aromatic rings. The second-order valence-electron chi connectivity index (χ2n) is 8.87. The highest BCUT2D eigenvalue weighted by Crippen LogP contribution is 2.32. The van der Waals surface area contributed by atoms with Crippen molar-refractivity contribution in [3.63, 3.8) is 0 Å². The molecule has 3 heterocycles. The van der Waals surface area contributed by atoms with E-state index in [9.17, 15) is 4.79 Å². The van der Waals surface area contributed by atoms with Gasteiger partial charge >= 0.3 is 0 Å². The van der Waals surface area contributed by atoms with Crippen molar-refractivity contribution in [1.82, 2.24) is 25.1 Å². The molecule has 0 spiro atoms. The maximum absolute atomic E-state index is 12.6. The molecule has 1 amide bonds. The van der Waals surface area contributed by atoms with Crippen LogP contribution in [0.5, 0.6) is 0 Å². The van der Waals surface area contributed by atoms with E-state index < -0.39 is 0 Å². The van der Waals surface area contributed by atoms with Crippen LogP contribution in [0.1, 0.15) is 12.8 Å². The van der Waals surface area contributed by atoms with Crippen molar-refractivity contribution in [3.05, 3.63) is 77.3 Å². The molecule has 9 heteroatoms.